The van der Waals surface area contributed by atoms with Crippen LogP contribution >= 0.6 is 0 Å². The van der Waals surface area contributed by atoms with Crippen LogP contribution in [0.2, 0.25) is 0 Å². The lowest BCUT2D eigenvalue weighted by Gasteiger charge is -2.56. The second-order valence-electron chi connectivity index (χ2n) is 9.49. The number of hydrogen-bond donors (Lipinski definition) is 1. The summed E-state index contributed by atoms with van der Waals surface area (Å²) < 4.78 is 6.08. The Kier molecular flexibility index (Phi) is 5.36. The normalized spacial score (nSPS) is 28.9. The summed E-state index contributed by atoms with van der Waals surface area (Å²) in [5, 5.41) is 13.9. The molecule has 0 aliphatic carbocycles. The summed E-state index contributed by atoms with van der Waals surface area (Å²) in [6.07, 6.45) is -0.788. The van der Waals surface area contributed by atoms with E-state index in [1.54, 1.807) is 13.0 Å². The first-order valence-corrected chi connectivity index (χ1v) is 11.6. The predicted molar refractivity (Wildman–Crippen MR) is 126 cm³/mol. The number of fused-ring (bicyclic) bond motifs is 4. The molecule has 10 nitrogen and oxygen atoms in total. The van der Waals surface area contributed by atoms with Gasteiger partial charge in [-0.2, -0.15) is 0 Å². The maximum Gasteiger partial charge on any atom is 0.331 e. The van der Waals surface area contributed by atoms with Crippen molar-refractivity contribution in [3.8, 4) is 0 Å². The molecule has 182 valence electrons. The Morgan fingerprint density at radius 1 is 1.14 bits per heavy atom. The quantitative estimate of drug-likeness (QED) is 0.409. The van der Waals surface area contributed by atoms with Gasteiger partial charge < -0.3 is 9.64 Å². The van der Waals surface area contributed by atoms with Crippen LogP contribution in [0.1, 0.15) is 37.9 Å². The second kappa shape index (κ2) is 8.16. The molecule has 3 aliphatic heterocycles. The van der Waals surface area contributed by atoms with Gasteiger partial charge in [0.05, 0.1) is 29.2 Å². The van der Waals surface area contributed by atoms with E-state index in [4.69, 9.17) is 4.74 Å². The lowest BCUT2D eigenvalue weighted by molar-refractivity contribution is -0.384. The molecule has 0 aromatic heterocycles. The molecule has 2 fully saturated rings. The monoisotopic (exact) mass is 478 g/mol. The van der Waals surface area contributed by atoms with Crippen LogP contribution in [-0.4, -0.2) is 52.5 Å². The van der Waals surface area contributed by atoms with E-state index in [0.29, 0.717) is 12.1 Å². The number of urea groups is 1. The van der Waals surface area contributed by atoms with E-state index < -0.39 is 46.4 Å². The van der Waals surface area contributed by atoms with E-state index in [0.717, 1.165) is 16.2 Å². The van der Waals surface area contributed by atoms with E-state index in [9.17, 15) is 24.5 Å². The first-order chi connectivity index (χ1) is 16.6. The number of hydrogen-bond acceptors (Lipinski definition) is 7. The highest BCUT2D eigenvalue weighted by atomic mass is 16.6. The smallest absolute Gasteiger partial charge is 0.331 e. The van der Waals surface area contributed by atoms with Crippen molar-refractivity contribution in [1.82, 2.24) is 10.2 Å². The summed E-state index contributed by atoms with van der Waals surface area (Å²) in [6.45, 7) is 5.84. The van der Waals surface area contributed by atoms with Gasteiger partial charge in [0.2, 0.25) is 11.8 Å². The number of non-ortho nitro benzene ring substituents is 1. The van der Waals surface area contributed by atoms with Crippen molar-refractivity contribution in [2.24, 2.45) is 5.41 Å². The molecular formula is C25H26N4O6. The van der Waals surface area contributed by atoms with Gasteiger partial charge in [0.15, 0.2) is 5.41 Å². The Morgan fingerprint density at radius 2 is 1.86 bits per heavy atom. The third-order valence-corrected chi connectivity index (χ3v) is 7.35. The topological polar surface area (TPSA) is 122 Å². The average molecular weight is 479 g/mol. The number of barbiturate groups is 1. The molecule has 3 heterocycles. The third-order valence-electron chi connectivity index (χ3n) is 7.35. The number of nitrogens with one attached hydrogen (secondary N) is 1. The van der Waals surface area contributed by atoms with Crippen molar-refractivity contribution in [3.63, 3.8) is 0 Å². The first kappa shape index (κ1) is 23.0. The fourth-order valence-electron chi connectivity index (χ4n) is 5.88. The molecule has 10 heteroatoms. The molecule has 1 N–H and O–H groups in total. The highest BCUT2D eigenvalue weighted by Crippen LogP contribution is 2.49. The number of nitro groups is 1. The van der Waals surface area contributed by atoms with Crippen molar-refractivity contribution in [2.75, 3.05) is 11.4 Å². The fourth-order valence-corrected chi connectivity index (χ4v) is 5.88. The molecule has 0 saturated carbocycles. The number of carbonyl (C=O) groups excluding carboxylic acids is 3. The van der Waals surface area contributed by atoms with Crippen LogP contribution in [0.25, 0.3) is 0 Å². The molecule has 5 rings (SSSR count). The van der Waals surface area contributed by atoms with Crippen molar-refractivity contribution in [2.45, 2.75) is 51.5 Å². The summed E-state index contributed by atoms with van der Waals surface area (Å²) in [6, 6.07) is 11.5. The number of benzene rings is 2. The number of nitrogens with zero attached hydrogens (tertiary/aromatic N) is 3. The van der Waals surface area contributed by atoms with Crippen molar-refractivity contribution in [1.29, 1.82) is 0 Å². The lowest BCUT2D eigenvalue weighted by Crippen LogP contribution is -2.75. The van der Waals surface area contributed by atoms with Gasteiger partial charge in [0.25, 0.3) is 5.69 Å². The minimum atomic E-state index is -1.70. The van der Waals surface area contributed by atoms with Gasteiger partial charge in [-0.25, -0.2) is 4.79 Å². The molecule has 0 radical (unpaired) electrons. The summed E-state index contributed by atoms with van der Waals surface area (Å²) in [5.41, 5.74) is 0.167. The maximum absolute atomic E-state index is 14.3. The predicted octanol–water partition coefficient (Wildman–Crippen LogP) is 2.96. The lowest BCUT2D eigenvalue weighted by atomic mass is 9.66. The van der Waals surface area contributed by atoms with Gasteiger partial charge in [-0.15, -0.1) is 0 Å². The number of ether oxygens (including phenoxy) is 1. The molecule has 0 unspecified atom stereocenters. The van der Waals surface area contributed by atoms with E-state index in [1.807, 2.05) is 49.1 Å². The zero-order valence-electron chi connectivity index (χ0n) is 19.6. The molecule has 2 aromatic carbocycles. The Bertz CT molecular complexity index is 1230. The van der Waals surface area contributed by atoms with Gasteiger partial charge in [-0.3, -0.25) is 29.9 Å². The number of nitro benzene ring substituents is 1. The molecule has 4 amide bonds. The van der Waals surface area contributed by atoms with Crippen LogP contribution in [0.5, 0.6) is 0 Å². The third kappa shape index (κ3) is 3.39. The van der Waals surface area contributed by atoms with E-state index in [-0.39, 0.29) is 18.2 Å². The van der Waals surface area contributed by atoms with Crippen LogP contribution in [0.4, 0.5) is 16.2 Å². The number of carbonyl (C=O) groups is 3. The van der Waals surface area contributed by atoms with Crippen molar-refractivity contribution < 1.29 is 24.0 Å². The van der Waals surface area contributed by atoms with Gasteiger partial charge in [0, 0.05) is 30.8 Å². The summed E-state index contributed by atoms with van der Waals surface area (Å²) in [5.74, 6) is -1.33. The largest absolute Gasteiger partial charge is 0.372 e. The number of rotatable bonds is 3. The minimum absolute atomic E-state index is 0.0801. The van der Waals surface area contributed by atoms with Crippen LogP contribution in [0.15, 0.2) is 48.5 Å². The SMILES string of the molecule is C[C@@H]1O[C@@H](C)CN2c3ccc([N+](=O)[O-])cc3C[C@]3(C(=O)NC(=O)N([C@H](C)c4ccccc4)C3=O)[C@H]12. The number of anilines is 1. The van der Waals surface area contributed by atoms with Crippen LogP contribution in [0, 0.1) is 15.5 Å². The van der Waals surface area contributed by atoms with E-state index >= 15 is 0 Å². The average Bonchev–Trinajstić information content (AvgIpc) is 2.82. The van der Waals surface area contributed by atoms with E-state index in [2.05, 4.69) is 5.32 Å². The standard InChI is InChI=1S/C25H26N4O6/c1-14-13-27-20-10-9-19(29(33)34)11-18(20)12-25(21(27)16(3)35-14)22(30)26-24(32)28(23(25)31)15(2)17-7-5-4-6-8-17/h4-11,14-16,21H,12-13H2,1-3H3,(H,26,30,32)/t14-,15+,16-,21-,25+/m0/s1. The summed E-state index contributed by atoms with van der Waals surface area (Å²) in [7, 11) is 0. The van der Waals surface area contributed by atoms with Crippen LogP contribution in [0.3, 0.4) is 0 Å². The Labute approximate surface area is 202 Å². The molecule has 2 aromatic rings. The zero-order valence-corrected chi connectivity index (χ0v) is 19.6. The van der Waals surface area contributed by atoms with Gasteiger partial charge in [-0.1, -0.05) is 30.3 Å². The van der Waals surface area contributed by atoms with Crippen LogP contribution in [-0.2, 0) is 20.7 Å². The fraction of sp³-hybridized carbons (Fsp3) is 0.400. The Balaban J connectivity index is 1.67. The Morgan fingerprint density at radius 3 is 2.54 bits per heavy atom. The van der Waals surface area contributed by atoms with Gasteiger partial charge >= 0.3 is 6.03 Å². The summed E-state index contributed by atoms with van der Waals surface area (Å²) in [4.78, 5) is 54.9. The molecular weight excluding hydrogens is 452 g/mol. The molecule has 5 atom stereocenters. The minimum Gasteiger partial charge on any atom is -0.372 e. The molecule has 3 aliphatic rings. The van der Waals surface area contributed by atoms with E-state index in [1.165, 1.54) is 12.1 Å². The highest BCUT2D eigenvalue weighted by molar-refractivity contribution is 6.20. The summed E-state index contributed by atoms with van der Waals surface area (Å²) >= 11 is 0. The molecule has 35 heavy (non-hydrogen) atoms. The number of imide groups is 2. The molecule has 1 spiro atoms. The first-order valence-electron chi connectivity index (χ1n) is 11.6. The maximum atomic E-state index is 14.3. The van der Waals surface area contributed by atoms with Gasteiger partial charge in [-0.05, 0) is 38.0 Å². The van der Waals surface area contributed by atoms with Crippen molar-refractivity contribution >= 4 is 29.2 Å². The number of amides is 4. The molecule has 2 saturated heterocycles. The highest BCUT2D eigenvalue weighted by Gasteiger charge is 2.65. The number of morpholine rings is 1. The molecule has 0 bridgehead atoms. The van der Waals surface area contributed by atoms with Gasteiger partial charge in [0.1, 0.15) is 0 Å². The van der Waals surface area contributed by atoms with Crippen LogP contribution < -0.4 is 10.2 Å². The second-order valence-corrected chi connectivity index (χ2v) is 9.49. The Hall–Kier alpha value is -3.79. The van der Waals surface area contributed by atoms with Crippen molar-refractivity contribution in [3.05, 3.63) is 69.8 Å². The zero-order chi connectivity index (χ0) is 25.1.